The van der Waals surface area contributed by atoms with E-state index in [9.17, 15) is 0 Å². The molecule has 4 heterocycles. The lowest BCUT2D eigenvalue weighted by Gasteiger charge is -2.17. The number of hydrogen-bond acceptors (Lipinski definition) is 4. The van der Waals surface area contributed by atoms with Crippen molar-refractivity contribution < 1.29 is 0 Å². The number of nitrogens with zero attached hydrogens (tertiary/aromatic N) is 6. The van der Waals surface area contributed by atoms with Crippen molar-refractivity contribution >= 4 is 65.3 Å². The van der Waals surface area contributed by atoms with Gasteiger partial charge in [-0.3, -0.25) is 13.9 Å². The Labute approximate surface area is 337 Å². The average Bonchev–Trinajstić information content (AvgIpc) is 3.83. The molecule has 0 bridgehead atoms. The minimum absolute atomic E-state index is 0.0778. The highest BCUT2D eigenvalue weighted by atomic mass is 16.1. The van der Waals surface area contributed by atoms with Crippen LogP contribution in [0, 0.1) is 0 Å². The summed E-state index contributed by atoms with van der Waals surface area (Å²) in [6.07, 6.45) is 0. The topological polar surface area (TPSA) is 70.5 Å². The standard InChI is InChI=1S/C52H32N6O/c59-51-40-30-29-38-37-25-13-15-27-41(37)56(35-21-9-3-10-22-35)48(38)46(40)47-44(57(51)36-23-11-4-12-24-36)32-31-43-45(47)39-26-14-16-28-42(39)58(43)52-54-49(33-17-5-1-6-18-33)53-50(55-52)34-19-7-2-8-20-34/h1-32H. The van der Waals surface area contributed by atoms with Crippen LogP contribution in [0.25, 0.3) is 105 Å². The molecule has 7 heteroatoms. The second-order valence-corrected chi connectivity index (χ2v) is 14.8. The van der Waals surface area contributed by atoms with Crippen molar-refractivity contribution in [3.8, 4) is 40.1 Å². The Hall–Kier alpha value is -8.16. The van der Waals surface area contributed by atoms with Crippen LogP contribution in [-0.2, 0) is 0 Å². The van der Waals surface area contributed by atoms with Gasteiger partial charge < -0.3 is 4.57 Å². The third-order valence-corrected chi connectivity index (χ3v) is 11.5. The van der Waals surface area contributed by atoms with Crippen LogP contribution in [0.1, 0.15) is 0 Å². The molecule has 0 atom stereocenters. The smallest absolute Gasteiger partial charge is 0.263 e. The third kappa shape index (κ3) is 4.95. The molecule has 0 fully saturated rings. The Kier molecular flexibility index (Phi) is 7.24. The molecule has 0 saturated heterocycles. The van der Waals surface area contributed by atoms with Crippen LogP contribution in [0.5, 0.6) is 0 Å². The Bertz CT molecular complexity index is 3610. The molecule has 0 unspecified atom stereocenters. The number of aromatic nitrogens is 6. The zero-order valence-corrected chi connectivity index (χ0v) is 31.6. The molecule has 8 aromatic carbocycles. The third-order valence-electron chi connectivity index (χ3n) is 11.5. The van der Waals surface area contributed by atoms with Crippen LogP contribution >= 0.6 is 0 Å². The van der Waals surface area contributed by atoms with Crippen LogP contribution in [0.4, 0.5) is 0 Å². The lowest BCUT2D eigenvalue weighted by molar-refractivity contribution is 0.953. The monoisotopic (exact) mass is 756 g/mol. The second-order valence-electron chi connectivity index (χ2n) is 14.8. The fraction of sp³-hybridized carbons (Fsp3) is 0. The largest absolute Gasteiger partial charge is 0.309 e. The quantitative estimate of drug-likeness (QED) is 0.164. The van der Waals surface area contributed by atoms with Gasteiger partial charge in [0.15, 0.2) is 11.6 Å². The Morgan fingerprint density at radius 1 is 0.322 bits per heavy atom. The summed E-state index contributed by atoms with van der Waals surface area (Å²) in [5.74, 6) is 1.67. The molecule has 4 aromatic heterocycles. The van der Waals surface area contributed by atoms with E-state index in [0.29, 0.717) is 23.0 Å². The summed E-state index contributed by atoms with van der Waals surface area (Å²) in [5, 5.41) is 6.73. The molecule has 0 amide bonds. The van der Waals surface area contributed by atoms with Crippen molar-refractivity contribution in [2.24, 2.45) is 0 Å². The van der Waals surface area contributed by atoms with Crippen LogP contribution in [0.2, 0.25) is 0 Å². The zero-order valence-electron chi connectivity index (χ0n) is 31.6. The first-order valence-electron chi connectivity index (χ1n) is 19.7. The summed E-state index contributed by atoms with van der Waals surface area (Å²) in [4.78, 5) is 30.6. The number of benzene rings is 8. The maximum Gasteiger partial charge on any atom is 0.263 e. The van der Waals surface area contributed by atoms with E-state index in [2.05, 4.69) is 100 Å². The Balaban J connectivity index is 1.31. The normalized spacial score (nSPS) is 11.8. The first-order chi connectivity index (χ1) is 29.2. The molecule has 0 aliphatic carbocycles. The number of pyridine rings is 1. The van der Waals surface area contributed by atoms with E-state index in [0.717, 1.165) is 82.4 Å². The highest BCUT2D eigenvalue weighted by Crippen LogP contribution is 2.44. The maximum absolute atomic E-state index is 15.1. The molecule has 59 heavy (non-hydrogen) atoms. The lowest BCUT2D eigenvalue weighted by Crippen LogP contribution is -2.19. The minimum Gasteiger partial charge on any atom is -0.309 e. The van der Waals surface area contributed by atoms with Gasteiger partial charge in [-0.2, -0.15) is 9.97 Å². The first-order valence-corrected chi connectivity index (χ1v) is 19.7. The Morgan fingerprint density at radius 2 is 0.797 bits per heavy atom. The summed E-state index contributed by atoms with van der Waals surface area (Å²) in [6.45, 7) is 0. The van der Waals surface area contributed by atoms with Crippen molar-refractivity contribution in [1.29, 1.82) is 0 Å². The predicted molar refractivity (Wildman–Crippen MR) is 240 cm³/mol. The molecule has 0 aliphatic rings. The van der Waals surface area contributed by atoms with Gasteiger partial charge in [0.2, 0.25) is 5.95 Å². The molecule has 0 N–H and O–H groups in total. The van der Waals surface area contributed by atoms with Gasteiger partial charge in [-0.1, -0.05) is 140 Å². The van der Waals surface area contributed by atoms with E-state index < -0.39 is 0 Å². The van der Waals surface area contributed by atoms with Crippen LogP contribution in [0.3, 0.4) is 0 Å². The summed E-state index contributed by atoms with van der Waals surface area (Å²) in [7, 11) is 0. The van der Waals surface area contributed by atoms with E-state index in [1.165, 1.54) is 0 Å². The van der Waals surface area contributed by atoms with Gasteiger partial charge in [0.25, 0.3) is 5.56 Å². The summed E-state index contributed by atoms with van der Waals surface area (Å²) < 4.78 is 6.34. The molecule has 12 aromatic rings. The van der Waals surface area contributed by atoms with Crippen LogP contribution < -0.4 is 5.56 Å². The van der Waals surface area contributed by atoms with Gasteiger partial charge in [-0.15, -0.1) is 0 Å². The maximum atomic E-state index is 15.1. The van der Waals surface area contributed by atoms with E-state index >= 15 is 4.79 Å². The number of hydrogen-bond donors (Lipinski definition) is 0. The zero-order chi connectivity index (χ0) is 39.0. The molecular weight excluding hydrogens is 725 g/mol. The SMILES string of the molecule is O=c1c2ccc3c4ccccc4n(-c4ccccc4)c3c2c2c3c4ccccc4n(-c4nc(-c5ccccc5)nc(-c5ccccc5)n4)c3ccc2n1-c1ccccc1. The molecule has 0 saturated carbocycles. The van der Waals surface area contributed by atoms with Crippen molar-refractivity contribution in [1.82, 2.24) is 28.7 Å². The van der Waals surface area contributed by atoms with Crippen molar-refractivity contribution in [2.45, 2.75) is 0 Å². The molecule has 7 nitrogen and oxygen atoms in total. The minimum atomic E-state index is -0.0778. The van der Waals surface area contributed by atoms with E-state index in [4.69, 9.17) is 15.0 Å². The van der Waals surface area contributed by atoms with E-state index in [-0.39, 0.29) is 5.56 Å². The number of para-hydroxylation sites is 4. The van der Waals surface area contributed by atoms with Crippen molar-refractivity contribution in [3.63, 3.8) is 0 Å². The summed E-state index contributed by atoms with van der Waals surface area (Å²) in [6, 6.07) is 65.7. The second kappa shape index (κ2) is 12.9. The fourth-order valence-corrected chi connectivity index (χ4v) is 9.00. The molecule has 0 radical (unpaired) electrons. The summed E-state index contributed by atoms with van der Waals surface area (Å²) in [5.41, 5.74) is 8.27. The van der Waals surface area contributed by atoms with Gasteiger partial charge in [-0.25, -0.2) is 4.98 Å². The first kappa shape index (κ1) is 33.0. The fourth-order valence-electron chi connectivity index (χ4n) is 9.00. The van der Waals surface area contributed by atoms with Gasteiger partial charge in [0, 0.05) is 54.8 Å². The molecule has 12 rings (SSSR count). The predicted octanol–water partition coefficient (Wildman–Crippen LogP) is 11.9. The van der Waals surface area contributed by atoms with Gasteiger partial charge in [0.05, 0.1) is 33.0 Å². The van der Waals surface area contributed by atoms with Gasteiger partial charge >= 0.3 is 0 Å². The van der Waals surface area contributed by atoms with Crippen LogP contribution in [0.15, 0.2) is 199 Å². The van der Waals surface area contributed by atoms with Gasteiger partial charge in [-0.05, 0) is 54.6 Å². The van der Waals surface area contributed by atoms with Crippen molar-refractivity contribution in [2.75, 3.05) is 0 Å². The van der Waals surface area contributed by atoms with Crippen LogP contribution in [-0.4, -0.2) is 28.7 Å². The van der Waals surface area contributed by atoms with E-state index in [1.807, 2.05) is 108 Å². The molecule has 0 spiro atoms. The molecule has 276 valence electrons. The number of fused-ring (bicyclic) bond motifs is 11. The molecular formula is C52H32N6O. The van der Waals surface area contributed by atoms with E-state index in [1.54, 1.807) is 0 Å². The highest BCUT2D eigenvalue weighted by Gasteiger charge is 2.25. The lowest BCUT2D eigenvalue weighted by atomic mass is 9.98. The highest BCUT2D eigenvalue weighted by molar-refractivity contribution is 6.33. The Morgan fingerprint density at radius 3 is 1.41 bits per heavy atom. The number of rotatable bonds is 5. The molecule has 0 aliphatic heterocycles. The summed E-state index contributed by atoms with van der Waals surface area (Å²) >= 11 is 0. The van der Waals surface area contributed by atoms with Crippen molar-refractivity contribution in [3.05, 3.63) is 204 Å². The van der Waals surface area contributed by atoms with Gasteiger partial charge in [0.1, 0.15) is 0 Å². The average molecular weight is 757 g/mol.